The first-order valence-corrected chi connectivity index (χ1v) is 9.29. The van der Waals surface area contributed by atoms with Crippen LogP contribution in [0.5, 0.6) is 17.4 Å². The Labute approximate surface area is 170 Å². The lowest BCUT2D eigenvalue weighted by molar-refractivity contribution is 0.0760. The van der Waals surface area contributed by atoms with E-state index in [0.29, 0.717) is 42.1 Å². The van der Waals surface area contributed by atoms with Gasteiger partial charge in [-0.05, 0) is 24.3 Å². The van der Waals surface area contributed by atoms with Gasteiger partial charge in [0.2, 0.25) is 5.88 Å². The molecule has 0 radical (unpaired) electrons. The second-order valence-corrected chi connectivity index (χ2v) is 6.90. The van der Waals surface area contributed by atoms with Gasteiger partial charge >= 0.3 is 0 Å². The van der Waals surface area contributed by atoms with E-state index in [4.69, 9.17) is 14.2 Å². The van der Waals surface area contributed by atoms with Gasteiger partial charge in [0.1, 0.15) is 23.2 Å². The Kier molecular flexibility index (Phi) is 6.21. The maximum absolute atomic E-state index is 13.0. The number of pyridine rings is 1. The zero-order valence-electron chi connectivity index (χ0n) is 17.0. The van der Waals surface area contributed by atoms with Gasteiger partial charge < -0.3 is 24.0 Å². The number of rotatable bonds is 6. The van der Waals surface area contributed by atoms with Crippen molar-refractivity contribution in [2.45, 2.75) is 12.5 Å². The molecule has 1 aliphatic rings. The van der Waals surface area contributed by atoms with Gasteiger partial charge in [0.15, 0.2) is 0 Å². The van der Waals surface area contributed by atoms with Crippen LogP contribution in [0.15, 0.2) is 36.5 Å². The van der Waals surface area contributed by atoms with Crippen molar-refractivity contribution in [1.29, 1.82) is 0 Å². The summed E-state index contributed by atoms with van der Waals surface area (Å²) in [5.74, 6) is 1.05. The molecule has 2 amide bonds. The summed E-state index contributed by atoms with van der Waals surface area (Å²) in [6.07, 6.45) is 1.99. The minimum Gasteiger partial charge on any atom is -0.497 e. The second-order valence-electron chi connectivity index (χ2n) is 6.90. The fourth-order valence-corrected chi connectivity index (χ4v) is 3.20. The minimum atomic E-state index is -0.244. The summed E-state index contributed by atoms with van der Waals surface area (Å²) < 4.78 is 16.5. The van der Waals surface area contributed by atoms with Gasteiger partial charge in [-0.3, -0.25) is 9.59 Å². The Balaban J connectivity index is 1.72. The number of carbonyl (C=O) groups excluding carboxylic acids is 2. The number of carbonyl (C=O) groups is 2. The molecule has 0 aliphatic carbocycles. The molecule has 8 nitrogen and oxygen atoms in total. The smallest absolute Gasteiger partial charge is 0.258 e. The van der Waals surface area contributed by atoms with Crippen LogP contribution in [0.3, 0.4) is 0 Å². The second kappa shape index (κ2) is 8.81. The molecular formula is C21H25N3O5. The van der Waals surface area contributed by atoms with Gasteiger partial charge in [-0.25, -0.2) is 4.98 Å². The molecule has 1 aromatic carbocycles. The molecule has 2 heterocycles. The number of hydrogen-bond donors (Lipinski definition) is 0. The van der Waals surface area contributed by atoms with Crippen LogP contribution >= 0.6 is 0 Å². The summed E-state index contributed by atoms with van der Waals surface area (Å²) >= 11 is 0. The lowest BCUT2D eigenvalue weighted by Gasteiger charge is -2.19. The van der Waals surface area contributed by atoms with Crippen molar-refractivity contribution in [3.8, 4) is 17.4 Å². The highest BCUT2D eigenvalue weighted by molar-refractivity contribution is 5.97. The molecule has 3 rings (SSSR count). The monoisotopic (exact) mass is 399 g/mol. The Hall–Kier alpha value is -3.29. The number of likely N-dealkylation sites (tertiary alicyclic amines) is 1. The van der Waals surface area contributed by atoms with Crippen LogP contribution in [-0.2, 0) is 0 Å². The van der Waals surface area contributed by atoms with Crippen LogP contribution in [0.1, 0.15) is 27.1 Å². The maximum Gasteiger partial charge on any atom is 0.258 e. The van der Waals surface area contributed by atoms with Crippen molar-refractivity contribution >= 4 is 11.8 Å². The number of amides is 2. The molecule has 0 spiro atoms. The predicted molar refractivity (Wildman–Crippen MR) is 107 cm³/mol. The van der Waals surface area contributed by atoms with Crippen LogP contribution < -0.4 is 14.2 Å². The molecular weight excluding hydrogens is 374 g/mol. The maximum atomic E-state index is 13.0. The third-order valence-corrected chi connectivity index (χ3v) is 4.76. The van der Waals surface area contributed by atoms with Crippen LogP contribution in [0.25, 0.3) is 0 Å². The Morgan fingerprint density at radius 3 is 2.62 bits per heavy atom. The Morgan fingerprint density at radius 1 is 1.14 bits per heavy atom. The zero-order chi connectivity index (χ0) is 21.0. The van der Waals surface area contributed by atoms with Gasteiger partial charge in [-0.1, -0.05) is 0 Å². The normalized spacial score (nSPS) is 15.7. The van der Waals surface area contributed by atoms with Gasteiger partial charge in [-0.15, -0.1) is 0 Å². The summed E-state index contributed by atoms with van der Waals surface area (Å²) in [6, 6.07) is 8.49. The molecule has 1 fully saturated rings. The van der Waals surface area contributed by atoms with E-state index in [1.807, 2.05) is 0 Å². The van der Waals surface area contributed by atoms with Crippen LogP contribution in [0.2, 0.25) is 0 Å². The van der Waals surface area contributed by atoms with Crippen molar-refractivity contribution < 1.29 is 23.8 Å². The molecule has 0 bridgehead atoms. The Morgan fingerprint density at radius 2 is 1.93 bits per heavy atom. The topological polar surface area (TPSA) is 81.2 Å². The molecule has 1 aliphatic heterocycles. The van der Waals surface area contributed by atoms with Gasteiger partial charge in [0.05, 0.1) is 26.3 Å². The van der Waals surface area contributed by atoms with E-state index in [1.165, 1.54) is 12.0 Å². The largest absolute Gasteiger partial charge is 0.497 e. The predicted octanol–water partition coefficient (Wildman–Crippen LogP) is 2.09. The van der Waals surface area contributed by atoms with Gasteiger partial charge in [0.25, 0.3) is 11.8 Å². The summed E-state index contributed by atoms with van der Waals surface area (Å²) in [7, 11) is 6.44. The van der Waals surface area contributed by atoms with Gasteiger partial charge in [0, 0.05) is 39.3 Å². The first-order chi connectivity index (χ1) is 13.9. The standard InChI is InChI=1S/C21H25N3O5/c1-23(2)20(25)17-6-5-10-22-19(17)29-15-9-11-24(13-15)21(26)16-8-7-14(27-3)12-18(16)28-4/h5-8,10,12,15H,9,11,13H2,1-4H3. The van der Waals surface area contributed by atoms with Crippen molar-refractivity contribution in [3.05, 3.63) is 47.7 Å². The average Bonchev–Trinajstić information content (AvgIpc) is 3.21. The zero-order valence-corrected chi connectivity index (χ0v) is 17.0. The van der Waals surface area contributed by atoms with E-state index in [1.54, 1.807) is 62.6 Å². The number of nitrogens with zero attached hydrogens (tertiary/aromatic N) is 3. The van der Waals surface area contributed by atoms with E-state index in [-0.39, 0.29) is 23.8 Å². The number of ether oxygens (including phenoxy) is 3. The molecule has 1 unspecified atom stereocenters. The lowest BCUT2D eigenvalue weighted by Crippen LogP contribution is -2.31. The summed E-state index contributed by atoms with van der Waals surface area (Å²) in [6.45, 7) is 0.947. The fraction of sp³-hybridized carbons (Fsp3) is 0.381. The highest BCUT2D eigenvalue weighted by Crippen LogP contribution is 2.28. The van der Waals surface area contributed by atoms with E-state index in [2.05, 4.69) is 4.98 Å². The lowest BCUT2D eigenvalue weighted by atomic mass is 10.1. The molecule has 154 valence electrons. The molecule has 29 heavy (non-hydrogen) atoms. The summed E-state index contributed by atoms with van der Waals surface area (Å²) in [5, 5.41) is 0. The van der Waals surface area contributed by atoms with E-state index in [9.17, 15) is 9.59 Å². The van der Waals surface area contributed by atoms with Crippen LogP contribution in [0.4, 0.5) is 0 Å². The summed E-state index contributed by atoms with van der Waals surface area (Å²) in [4.78, 5) is 32.7. The molecule has 2 aromatic rings. The third kappa shape index (κ3) is 4.42. The number of hydrogen-bond acceptors (Lipinski definition) is 6. The van der Waals surface area contributed by atoms with Crippen molar-refractivity contribution in [3.63, 3.8) is 0 Å². The van der Waals surface area contributed by atoms with E-state index >= 15 is 0 Å². The highest BCUT2D eigenvalue weighted by Gasteiger charge is 2.31. The molecule has 1 atom stereocenters. The SMILES string of the molecule is COc1ccc(C(=O)N2CCC(Oc3ncccc3C(=O)N(C)C)C2)c(OC)c1. The minimum absolute atomic E-state index is 0.138. The average molecular weight is 399 g/mol. The van der Waals surface area contributed by atoms with Crippen LogP contribution in [-0.4, -0.2) is 74.1 Å². The van der Waals surface area contributed by atoms with Crippen molar-refractivity contribution in [1.82, 2.24) is 14.8 Å². The molecule has 0 saturated carbocycles. The van der Waals surface area contributed by atoms with E-state index < -0.39 is 0 Å². The number of methoxy groups -OCH3 is 2. The quantitative estimate of drug-likeness (QED) is 0.740. The van der Waals surface area contributed by atoms with Crippen LogP contribution in [0, 0.1) is 0 Å². The molecule has 0 N–H and O–H groups in total. The molecule has 8 heteroatoms. The number of benzene rings is 1. The van der Waals surface area contributed by atoms with E-state index in [0.717, 1.165) is 0 Å². The first-order valence-electron chi connectivity index (χ1n) is 9.29. The first kappa shape index (κ1) is 20.4. The Bertz CT molecular complexity index is 900. The summed E-state index contributed by atoms with van der Waals surface area (Å²) in [5.41, 5.74) is 0.870. The molecule has 1 aromatic heterocycles. The molecule has 1 saturated heterocycles. The third-order valence-electron chi connectivity index (χ3n) is 4.76. The fourth-order valence-electron chi connectivity index (χ4n) is 3.20. The highest BCUT2D eigenvalue weighted by atomic mass is 16.5. The van der Waals surface area contributed by atoms with Gasteiger partial charge in [-0.2, -0.15) is 0 Å². The van der Waals surface area contributed by atoms with Crippen molar-refractivity contribution in [2.75, 3.05) is 41.4 Å². The van der Waals surface area contributed by atoms with Crippen molar-refractivity contribution in [2.24, 2.45) is 0 Å². The number of aromatic nitrogens is 1.